The number of nitrogens with one attached hydrogen (secondary N) is 1. The van der Waals surface area contributed by atoms with Gasteiger partial charge in [0.1, 0.15) is 23.3 Å². The van der Waals surface area contributed by atoms with Crippen molar-refractivity contribution in [1.29, 1.82) is 0 Å². The second-order valence-corrected chi connectivity index (χ2v) is 7.70. The first-order valence-corrected chi connectivity index (χ1v) is 10.3. The van der Waals surface area contributed by atoms with Gasteiger partial charge in [-0.25, -0.2) is 0 Å². The summed E-state index contributed by atoms with van der Waals surface area (Å²) in [5, 5.41) is 3.37. The molecule has 0 bridgehead atoms. The zero-order valence-corrected chi connectivity index (χ0v) is 19.2. The third kappa shape index (κ3) is 7.07. The largest absolute Gasteiger partial charge is 0.496 e. The van der Waals surface area contributed by atoms with Crippen LogP contribution in [0.15, 0.2) is 42.5 Å². The highest BCUT2D eigenvalue weighted by Crippen LogP contribution is 2.27. The summed E-state index contributed by atoms with van der Waals surface area (Å²) in [6, 6.07) is 11.5. The zero-order chi connectivity index (χ0) is 23.0. The van der Waals surface area contributed by atoms with E-state index in [4.69, 9.17) is 25.8 Å². The molecule has 0 fully saturated rings. The molecule has 2 aromatic rings. The summed E-state index contributed by atoms with van der Waals surface area (Å²) < 4.78 is 16.2. The van der Waals surface area contributed by atoms with E-state index < -0.39 is 6.04 Å². The van der Waals surface area contributed by atoms with Gasteiger partial charge in [-0.3, -0.25) is 9.59 Å². The van der Waals surface area contributed by atoms with E-state index in [-0.39, 0.29) is 31.0 Å². The lowest BCUT2D eigenvalue weighted by Gasteiger charge is -2.29. The van der Waals surface area contributed by atoms with Crippen molar-refractivity contribution >= 4 is 23.4 Å². The van der Waals surface area contributed by atoms with Crippen LogP contribution in [0.5, 0.6) is 17.2 Å². The fourth-order valence-electron chi connectivity index (χ4n) is 2.89. The van der Waals surface area contributed by atoms with E-state index >= 15 is 0 Å². The van der Waals surface area contributed by atoms with Crippen molar-refractivity contribution in [2.75, 3.05) is 20.8 Å². The fourth-order valence-corrected chi connectivity index (χ4v) is 3.09. The summed E-state index contributed by atoms with van der Waals surface area (Å²) in [4.78, 5) is 27.1. The Labute approximate surface area is 188 Å². The molecule has 7 nitrogen and oxygen atoms in total. The van der Waals surface area contributed by atoms with Crippen LogP contribution in [-0.4, -0.2) is 49.6 Å². The number of hydrogen-bond acceptors (Lipinski definition) is 5. The molecule has 2 amide bonds. The molecular formula is C23H29ClN2O5. The third-order valence-electron chi connectivity index (χ3n) is 4.58. The van der Waals surface area contributed by atoms with Gasteiger partial charge in [-0.05, 0) is 32.4 Å². The van der Waals surface area contributed by atoms with E-state index in [1.165, 1.54) is 19.1 Å². The van der Waals surface area contributed by atoms with Gasteiger partial charge in [-0.2, -0.15) is 0 Å². The van der Waals surface area contributed by atoms with Crippen molar-refractivity contribution < 1.29 is 23.8 Å². The standard InChI is InChI=1S/C23H29ClN2O5/c1-15(2)25-23(28)16(3)26(13-17-8-6-7-9-21(17)24)22(27)14-31-20-11-18(29-4)10-19(12-20)30-5/h6-12,15-16H,13-14H2,1-5H3,(H,25,28)/t16-/m1/s1. The van der Waals surface area contributed by atoms with Crippen LogP contribution in [0, 0.1) is 0 Å². The predicted molar refractivity (Wildman–Crippen MR) is 120 cm³/mol. The van der Waals surface area contributed by atoms with Crippen LogP contribution < -0.4 is 19.5 Å². The van der Waals surface area contributed by atoms with Gasteiger partial charge in [0, 0.05) is 35.8 Å². The normalized spacial score (nSPS) is 11.6. The summed E-state index contributed by atoms with van der Waals surface area (Å²) in [5.41, 5.74) is 0.741. The number of ether oxygens (including phenoxy) is 3. The topological polar surface area (TPSA) is 77.1 Å². The lowest BCUT2D eigenvalue weighted by atomic mass is 10.1. The fraction of sp³-hybridized carbons (Fsp3) is 0.391. The summed E-state index contributed by atoms with van der Waals surface area (Å²) >= 11 is 6.28. The molecule has 0 heterocycles. The van der Waals surface area contributed by atoms with Crippen molar-refractivity contribution in [2.45, 2.75) is 39.4 Å². The lowest BCUT2D eigenvalue weighted by Crippen LogP contribution is -2.50. The number of methoxy groups -OCH3 is 2. The Balaban J connectivity index is 2.21. The average Bonchev–Trinajstić information content (AvgIpc) is 2.75. The molecule has 2 rings (SSSR count). The smallest absolute Gasteiger partial charge is 0.261 e. The number of halogens is 1. The maximum absolute atomic E-state index is 13.1. The van der Waals surface area contributed by atoms with E-state index in [0.717, 1.165) is 5.56 Å². The number of carbonyl (C=O) groups excluding carboxylic acids is 2. The quantitative estimate of drug-likeness (QED) is 0.600. The monoisotopic (exact) mass is 448 g/mol. The highest BCUT2D eigenvalue weighted by Gasteiger charge is 2.27. The SMILES string of the molecule is COc1cc(OC)cc(OCC(=O)N(Cc2ccccc2Cl)[C@H](C)C(=O)NC(C)C)c1. The molecule has 168 valence electrons. The van der Waals surface area contributed by atoms with Crippen molar-refractivity contribution in [3.63, 3.8) is 0 Å². The summed E-state index contributed by atoms with van der Waals surface area (Å²) in [5.74, 6) is 0.895. The Bertz CT molecular complexity index is 881. The summed E-state index contributed by atoms with van der Waals surface area (Å²) in [6.45, 7) is 5.32. The number of nitrogens with zero attached hydrogens (tertiary/aromatic N) is 1. The van der Waals surface area contributed by atoms with Gasteiger partial charge < -0.3 is 24.4 Å². The van der Waals surface area contributed by atoms with E-state index in [1.807, 2.05) is 32.0 Å². The Morgan fingerprint density at radius 3 is 2.13 bits per heavy atom. The van der Waals surface area contributed by atoms with Crippen molar-refractivity contribution in [2.24, 2.45) is 0 Å². The van der Waals surface area contributed by atoms with Gasteiger partial charge in [0.2, 0.25) is 5.91 Å². The molecule has 0 aromatic heterocycles. The molecule has 0 spiro atoms. The molecule has 8 heteroatoms. The Morgan fingerprint density at radius 1 is 1.00 bits per heavy atom. The maximum atomic E-state index is 13.1. The van der Waals surface area contributed by atoms with Gasteiger partial charge in [0.05, 0.1) is 14.2 Å². The number of hydrogen-bond donors (Lipinski definition) is 1. The molecular weight excluding hydrogens is 420 g/mol. The first-order valence-electron chi connectivity index (χ1n) is 9.94. The first kappa shape index (κ1) is 24.3. The number of carbonyl (C=O) groups is 2. The Kier molecular flexibility index (Phi) is 9.00. The van der Waals surface area contributed by atoms with Gasteiger partial charge in [-0.15, -0.1) is 0 Å². The second-order valence-electron chi connectivity index (χ2n) is 7.29. The number of benzene rings is 2. The van der Waals surface area contributed by atoms with Crippen LogP contribution in [0.1, 0.15) is 26.3 Å². The molecule has 1 atom stereocenters. The molecule has 2 aromatic carbocycles. The zero-order valence-electron chi connectivity index (χ0n) is 18.5. The van der Waals surface area contributed by atoms with Gasteiger partial charge in [0.15, 0.2) is 6.61 Å². The molecule has 0 aliphatic heterocycles. The maximum Gasteiger partial charge on any atom is 0.261 e. The molecule has 31 heavy (non-hydrogen) atoms. The minimum absolute atomic E-state index is 0.0484. The minimum atomic E-state index is -0.713. The van der Waals surface area contributed by atoms with Crippen molar-refractivity contribution in [3.05, 3.63) is 53.1 Å². The summed E-state index contributed by atoms with van der Waals surface area (Å²) in [7, 11) is 3.06. The third-order valence-corrected chi connectivity index (χ3v) is 4.95. The molecule has 1 N–H and O–H groups in total. The van der Waals surface area contributed by atoms with E-state index in [2.05, 4.69) is 5.32 Å². The highest BCUT2D eigenvalue weighted by molar-refractivity contribution is 6.31. The predicted octanol–water partition coefficient (Wildman–Crippen LogP) is 3.68. The minimum Gasteiger partial charge on any atom is -0.496 e. The molecule has 0 radical (unpaired) electrons. The molecule has 0 aliphatic rings. The first-order chi connectivity index (χ1) is 14.7. The van der Waals surface area contributed by atoms with E-state index in [9.17, 15) is 9.59 Å². The van der Waals surface area contributed by atoms with Crippen LogP contribution in [0.2, 0.25) is 5.02 Å². The van der Waals surface area contributed by atoms with Crippen LogP contribution in [0.4, 0.5) is 0 Å². The molecule has 0 saturated heterocycles. The highest BCUT2D eigenvalue weighted by atomic mass is 35.5. The van der Waals surface area contributed by atoms with Crippen molar-refractivity contribution in [3.8, 4) is 17.2 Å². The number of rotatable bonds is 10. The lowest BCUT2D eigenvalue weighted by molar-refractivity contribution is -0.142. The van der Waals surface area contributed by atoms with Crippen LogP contribution in [-0.2, 0) is 16.1 Å². The Hall–Kier alpha value is -2.93. The molecule has 0 unspecified atom stereocenters. The second kappa shape index (κ2) is 11.5. The molecule has 0 aliphatic carbocycles. The van der Waals surface area contributed by atoms with Gasteiger partial charge >= 0.3 is 0 Å². The van der Waals surface area contributed by atoms with Gasteiger partial charge in [-0.1, -0.05) is 29.8 Å². The van der Waals surface area contributed by atoms with Gasteiger partial charge in [0.25, 0.3) is 5.91 Å². The van der Waals surface area contributed by atoms with Crippen molar-refractivity contribution in [1.82, 2.24) is 10.2 Å². The van der Waals surface area contributed by atoms with Crippen LogP contribution in [0.25, 0.3) is 0 Å². The number of amides is 2. The summed E-state index contributed by atoms with van der Waals surface area (Å²) in [6.07, 6.45) is 0. The van der Waals surface area contributed by atoms with Crippen LogP contribution >= 0.6 is 11.6 Å². The molecule has 0 saturated carbocycles. The average molecular weight is 449 g/mol. The van der Waals surface area contributed by atoms with E-state index in [1.54, 1.807) is 31.2 Å². The van der Waals surface area contributed by atoms with Crippen LogP contribution in [0.3, 0.4) is 0 Å². The van der Waals surface area contributed by atoms with E-state index in [0.29, 0.717) is 22.3 Å². The Morgan fingerprint density at radius 2 is 1.58 bits per heavy atom.